The first kappa shape index (κ1) is 14.3. The number of benzene rings is 1. The molecular formula is C15H17NO4. The van der Waals surface area contributed by atoms with E-state index in [1.165, 1.54) is 0 Å². The fourth-order valence-corrected chi connectivity index (χ4v) is 2.12. The third-order valence-corrected chi connectivity index (χ3v) is 3.31. The van der Waals surface area contributed by atoms with E-state index >= 15 is 0 Å². The van der Waals surface area contributed by atoms with Crippen LogP contribution in [0.5, 0.6) is 0 Å². The second kappa shape index (κ2) is 5.09. The molecule has 2 aromatic rings. The molecule has 1 aromatic heterocycles. The number of nitrogens with one attached hydrogen (secondary N) is 1. The minimum atomic E-state index is -0.902. The summed E-state index contributed by atoms with van der Waals surface area (Å²) in [6, 6.07) is 7.27. The number of hydrogen-bond acceptors (Lipinski definition) is 4. The molecule has 0 fully saturated rings. The van der Waals surface area contributed by atoms with E-state index in [-0.39, 0.29) is 6.42 Å². The molecule has 2 rings (SSSR count). The van der Waals surface area contributed by atoms with Gasteiger partial charge in [0.25, 0.3) is 0 Å². The van der Waals surface area contributed by atoms with Crippen molar-refractivity contribution < 1.29 is 14.4 Å². The van der Waals surface area contributed by atoms with Crippen molar-refractivity contribution in [3.63, 3.8) is 0 Å². The molecule has 0 aliphatic rings. The first-order valence-electron chi connectivity index (χ1n) is 6.31. The molecule has 0 bridgehead atoms. The van der Waals surface area contributed by atoms with Gasteiger partial charge in [0.2, 0.25) is 5.91 Å². The van der Waals surface area contributed by atoms with Gasteiger partial charge >= 0.3 is 5.63 Å². The molecule has 20 heavy (non-hydrogen) atoms. The molecule has 0 atom stereocenters. The molecule has 0 radical (unpaired) electrons. The van der Waals surface area contributed by atoms with Crippen LogP contribution in [0, 0.1) is 12.3 Å². The molecule has 5 nitrogen and oxygen atoms in total. The molecule has 1 aromatic carbocycles. The van der Waals surface area contributed by atoms with Gasteiger partial charge in [0.05, 0.1) is 0 Å². The van der Waals surface area contributed by atoms with E-state index in [1.807, 2.05) is 19.1 Å². The minimum absolute atomic E-state index is 0.186. The number of aryl methyl sites for hydroxylation is 1. The summed E-state index contributed by atoms with van der Waals surface area (Å²) in [7, 11) is 0. The van der Waals surface area contributed by atoms with Crippen LogP contribution in [-0.4, -0.2) is 11.1 Å². The summed E-state index contributed by atoms with van der Waals surface area (Å²) >= 11 is 0. The van der Waals surface area contributed by atoms with Crippen molar-refractivity contribution in [2.75, 3.05) is 0 Å². The Morgan fingerprint density at radius 2 is 2.05 bits per heavy atom. The van der Waals surface area contributed by atoms with Crippen molar-refractivity contribution in [3.8, 4) is 0 Å². The van der Waals surface area contributed by atoms with Crippen molar-refractivity contribution in [2.24, 2.45) is 5.41 Å². The maximum absolute atomic E-state index is 11.9. The Balaban J connectivity index is 2.47. The lowest BCUT2D eigenvalue weighted by molar-refractivity contribution is -0.138. The van der Waals surface area contributed by atoms with Crippen LogP contribution in [0.25, 0.3) is 11.0 Å². The molecule has 1 heterocycles. The number of fused-ring (bicyclic) bond motifs is 1. The van der Waals surface area contributed by atoms with E-state index in [0.717, 1.165) is 10.9 Å². The van der Waals surface area contributed by atoms with Gasteiger partial charge in [0.1, 0.15) is 5.58 Å². The van der Waals surface area contributed by atoms with E-state index in [1.54, 1.807) is 31.5 Å². The molecular weight excluding hydrogens is 258 g/mol. The van der Waals surface area contributed by atoms with Gasteiger partial charge in [0.15, 0.2) is 0 Å². The maximum Gasteiger partial charge on any atom is 0.339 e. The topological polar surface area (TPSA) is 79.5 Å². The van der Waals surface area contributed by atoms with Crippen LogP contribution < -0.4 is 11.1 Å². The third-order valence-electron chi connectivity index (χ3n) is 3.31. The van der Waals surface area contributed by atoms with Gasteiger partial charge in [-0.2, -0.15) is 0 Å². The smallest absolute Gasteiger partial charge is 0.339 e. The lowest BCUT2D eigenvalue weighted by Gasteiger charge is -2.21. The number of hydrogen-bond donors (Lipinski definition) is 2. The fourth-order valence-electron chi connectivity index (χ4n) is 2.12. The average Bonchev–Trinajstić information content (AvgIpc) is 2.38. The molecule has 2 N–H and O–H groups in total. The highest BCUT2D eigenvalue weighted by Crippen LogP contribution is 2.23. The predicted molar refractivity (Wildman–Crippen MR) is 74.6 cm³/mol. The zero-order valence-corrected chi connectivity index (χ0v) is 11.7. The Bertz CT molecular complexity index is 715. The van der Waals surface area contributed by atoms with Crippen LogP contribution in [0.3, 0.4) is 0 Å². The summed E-state index contributed by atoms with van der Waals surface area (Å²) in [6.45, 7) is 5.25. The van der Waals surface area contributed by atoms with E-state index in [4.69, 9.17) is 9.62 Å². The van der Waals surface area contributed by atoms with Crippen molar-refractivity contribution in [1.82, 2.24) is 5.48 Å². The number of rotatable bonds is 3. The fraction of sp³-hybridized carbons (Fsp3) is 0.333. The summed E-state index contributed by atoms with van der Waals surface area (Å²) in [5.74, 6) is -0.541. The summed E-state index contributed by atoms with van der Waals surface area (Å²) in [6.07, 6.45) is 0.186. The molecule has 0 saturated heterocycles. The predicted octanol–water partition coefficient (Wildman–Crippen LogP) is 2.18. The summed E-state index contributed by atoms with van der Waals surface area (Å²) < 4.78 is 5.26. The highest BCUT2D eigenvalue weighted by Gasteiger charge is 2.29. The Kier molecular flexibility index (Phi) is 3.63. The van der Waals surface area contributed by atoms with Gasteiger partial charge in [-0.3, -0.25) is 10.0 Å². The summed E-state index contributed by atoms with van der Waals surface area (Å²) in [5.41, 5.74) is 2.26. The minimum Gasteiger partial charge on any atom is -0.423 e. The van der Waals surface area contributed by atoms with Gasteiger partial charge in [0, 0.05) is 16.4 Å². The monoisotopic (exact) mass is 275 g/mol. The quantitative estimate of drug-likeness (QED) is 0.511. The van der Waals surface area contributed by atoms with Crippen LogP contribution in [-0.2, 0) is 11.2 Å². The van der Waals surface area contributed by atoms with E-state index in [0.29, 0.717) is 11.1 Å². The SMILES string of the molecule is Cc1ccc2oc(=O)c(CC(C)(C)C(=O)NO)cc2c1. The Morgan fingerprint density at radius 1 is 1.35 bits per heavy atom. The molecule has 0 aliphatic carbocycles. The standard InChI is InChI=1S/C15H17NO4/c1-9-4-5-12-10(6-9)7-11(13(17)20-12)8-15(2,3)14(18)16-19/h4-7,19H,8H2,1-3H3,(H,16,18). The van der Waals surface area contributed by atoms with Crippen molar-refractivity contribution in [1.29, 1.82) is 0 Å². The Morgan fingerprint density at radius 3 is 2.70 bits per heavy atom. The highest BCUT2D eigenvalue weighted by atomic mass is 16.5. The number of carbonyl (C=O) groups is 1. The maximum atomic E-state index is 11.9. The zero-order valence-electron chi connectivity index (χ0n) is 11.7. The molecule has 106 valence electrons. The lowest BCUT2D eigenvalue weighted by Crippen LogP contribution is -2.37. The molecule has 0 saturated carbocycles. The van der Waals surface area contributed by atoms with Crippen LogP contribution in [0.4, 0.5) is 0 Å². The molecule has 1 amide bonds. The summed E-state index contributed by atoms with van der Waals surface area (Å²) in [4.78, 5) is 23.5. The second-order valence-electron chi connectivity index (χ2n) is 5.60. The summed E-state index contributed by atoms with van der Waals surface area (Å²) in [5, 5.41) is 9.54. The van der Waals surface area contributed by atoms with Crippen molar-refractivity contribution in [2.45, 2.75) is 27.2 Å². The normalized spacial score (nSPS) is 11.6. The van der Waals surface area contributed by atoms with E-state index in [9.17, 15) is 9.59 Å². The second-order valence-corrected chi connectivity index (χ2v) is 5.60. The van der Waals surface area contributed by atoms with Crippen molar-refractivity contribution in [3.05, 3.63) is 45.8 Å². The largest absolute Gasteiger partial charge is 0.423 e. The van der Waals surface area contributed by atoms with E-state index in [2.05, 4.69) is 0 Å². The molecule has 0 unspecified atom stereocenters. The van der Waals surface area contributed by atoms with Gasteiger partial charge < -0.3 is 4.42 Å². The first-order valence-corrected chi connectivity index (χ1v) is 6.31. The highest BCUT2D eigenvalue weighted by molar-refractivity contribution is 5.81. The van der Waals surface area contributed by atoms with Crippen LogP contribution >= 0.6 is 0 Å². The third kappa shape index (κ3) is 2.72. The Labute approximate surface area is 116 Å². The van der Waals surface area contributed by atoms with Crippen LogP contribution in [0.15, 0.2) is 33.5 Å². The zero-order chi connectivity index (χ0) is 14.9. The Hall–Kier alpha value is -2.14. The molecule has 0 aliphatic heterocycles. The number of hydroxylamine groups is 1. The van der Waals surface area contributed by atoms with Gasteiger partial charge in [-0.1, -0.05) is 25.5 Å². The van der Waals surface area contributed by atoms with Crippen LogP contribution in [0.1, 0.15) is 25.0 Å². The van der Waals surface area contributed by atoms with Crippen LogP contribution in [0.2, 0.25) is 0 Å². The number of carbonyl (C=O) groups excluding carboxylic acids is 1. The molecule has 5 heteroatoms. The van der Waals surface area contributed by atoms with Gasteiger partial charge in [-0.05, 0) is 31.5 Å². The van der Waals surface area contributed by atoms with Crippen molar-refractivity contribution >= 4 is 16.9 Å². The lowest BCUT2D eigenvalue weighted by atomic mass is 9.85. The average molecular weight is 275 g/mol. The van der Waals surface area contributed by atoms with E-state index < -0.39 is 16.9 Å². The van der Waals surface area contributed by atoms with Gasteiger partial charge in [-0.15, -0.1) is 0 Å². The molecule has 0 spiro atoms. The first-order chi connectivity index (χ1) is 9.33. The number of amides is 1. The van der Waals surface area contributed by atoms with Gasteiger partial charge in [-0.25, -0.2) is 10.3 Å².